The lowest BCUT2D eigenvalue weighted by molar-refractivity contribution is -0.116. The molecule has 118 valence electrons. The smallest absolute Gasteiger partial charge is 0.224 e. The Balaban J connectivity index is 2.23. The van der Waals surface area contributed by atoms with Gasteiger partial charge >= 0.3 is 0 Å². The topological polar surface area (TPSA) is 47.6 Å². The predicted octanol–water partition coefficient (Wildman–Crippen LogP) is 3.57. The summed E-state index contributed by atoms with van der Waals surface area (Å²) >= 11 is 0. The number of carbonyl (C=O) groups excluding carboxylic acids is 1. The lowest BCUT2D eigenvalue weighted by atomic mass is 10.2. The molecule has 0 radical (unpaired) electrons. The minimum absolute atomic E-state index is 0.0267. The Morgan fingerprint density at radius 2 is 1.90 bits per heavy atom. The number of nitrogens with one attached hydrogen (secondary N) is 1. The summed E-state index contributed by atoms with van der Waals surface area (Å²) in [6, 6.07) is 7.07. The number of alkyl halides is 1. The van der Waals surface area contributed by atoms with Crippen LogP contribution in [0.4, 0.5) is 10.1 Å². The molecule has 4 nitrogen and oxygen atoms in total. The molecule has 0 atom stereocenters. The van der Waals surface area contributed by atoms with Gasteiger partial charge in [0.05, 0.1) is 13.3 Å². The first-order chi connectivity index (χ1) is 10.3. The van der Waals surface area contributed by atoms with E-state index in [1.165, 1.54) is 0 Å². The van der Waals surface area contributed by atoms with Crippen LogP contribution in [-0.2, 0) is 9.53 Å². The predicted molar refractivity (Wildman–Crippen MR) is 81.5 cm³/mol. The van der Waals surface area contributed by atoms with E-state index in [9.17, 15) is 9.18 Å². The van der Waals surface area contributed by atoms with E-state index < -0.39 is 0 Å². The van der Waals surface area contributed by atoms with Crippen molar-refractivity contribution in [1.82, 2.24) is 0 Å². The third kappa shape index (κ3) is 8.30. The highest BCUT2D eigenvalue weighted by Gasteiger charge is 2.02. The zero-order valence-electron chi connectivity index (χ0n) is 12.6. The minimum Gasteiger partial charge on any atom is -0.493 e. The standard InChI is InChI=1S/C16H24FNO3/c1-2-11-20-12-3-5-16(19)18-14-6-8-15(9-7-14)21-13-4-10-17/h6-9H,2-5,10-13H2,1H3,(H,18,19). The second-order valence-corrected chi connectivity index (χ2v) is 4.68. The van der Waals surface area contributed by atoms with E-state index in [2.05, 4.69) is 12.2 Å². The average molecular weight is 297 g/mol. The summed E-state index contributed by atoms with van der Waals surface area (Å²) in [5, 5.41) is 2.82. The number of hydrogen-bond acceptors (Lipinski definition) is 3. The molecule has 0 unspecified atom stereocenters. The van der Waals surface area contributed by atoms with Crippen molar-refractivity contribution in [2.75, 3.05) is 31.8 Å². The molecule has 1 aromatic rings. The second kappa shape index (κ2) is 11.1. The first-order valence-corrected chi connectivity index (χ1v) is 7.42. The number of anilines is 1. The molecule has 0 heterocycles. The van der Waals surface area contributed by atoms with Crippen LogP contribution in [0.2, 0.25) is 0 Å². The van der Waals surface area contributed by atoms with Crippen molar-refractivity contribution in [2.24, 2.45) is 0 Å². The molecule has 0 fully saturated rings. The van der Waals surface area contributed by atoms with Crippen LogP contribution in [0.3, 0.4) is 0 Å². The van der Waals surface area contributed by atoms with E-state index in [1.54, 1.807) is 24.3 Å². The van der Waals surface area contributed by atoms with Gasteiger partial charge in [-0.05, 0) is 37.1 Å². The first-order valence-electron chi connectivity index (χ1n) is 7.42. The quantitative estimate of drug-likeness (QED) is 0.635. The molecule has 5 heteroatoms. The molecule has 0 bridgehead atoms. The molecule has 1 N–H and O–H groups in total. The summed E-state index contributed by atoms with van der Waals surface area (Å²) in [5.74, 6) is 0.649. The van der Waals surface area contributed by atoms with Gasteiger partial charge in [0, 0.05) is 31.7 Å². The van der Waals surface area contributed by atoms with Crippen LogP contribution >= 0.6 is 0 Å². The average Bonchev–Trinajstić information content (AvgIpc) is 2.49. The van der Waals surface area contributed by atoms with Crippen molar-refractivity contribution in [3.05, 3.63) is 24.3 Å². The molecule has 1 rings (SSSR count). The maximum atomic E-state index is 11.9. The normalized spacial score (nSPS) is 10.4. The molecule has 21 heavy (non-hydrogen) atoms. The number of rotatable bonds is 11. The molecule has 0 aliphatic heterocycles. The van der Waals surface area contributed by atoms with Gasteiger partial charge in [-0.25, -0.2) is 0 Å². The molecule has 0 aliphatic carbocycles. The Labute approximate surface area is 125 Å². The number of halogens is 1. The van der Waals surface area contributed by atoms with Crippen LogP contribution in [0.5, 0.6) is 5.75 Å². The maximum Gasteiger partial charge on any atom is 0.224 e. The van der Waals surface area contributed by atoms with Crippen molar-refractivity contribution in [3.63, 3.8) is 0 Å². The number of hydrogen-bond donors (Lipinski definition) is 1. The Kier molecular flexibility index (Phi) is 9.20. The second-order valence-electron chi connectivity index (χ2n) is 4.68. The van der Waals surface area contributed by atoms with Gasteiger partial charge in [-0.3, -0.25) is 9.18 Å². The molecule has 1 amide bonds. The molecular formula is C16H24FNO3. The van der Waals surface area contributed by atoms with E-state index in [0.717, 1.165) is 25.1 Å². The Hall–Kier alpha value is -1.62. The third-order valence-corrected chi connectivity index (χ3v) is 2.73. The fraction of sp³-hybridized carbons (Fsp3) is 0.562. The van der Waals surface area contributed by atoms with Crippen molar-refractivity contribution in [1.29, 1.82) is 0 Å². The largest absolute Gasteiger partial charge is 0.493 e. The monoisotopic (exact) mass is 297 g/mol. The molecule has 0 saturated carbocycles. The van der Waals surface area contributed by atoms with Gasteiger partial charge in [0.2, 0.25) is 5.91 Å². The van der Waals surface area contributed by atoms with Gasteiger partial charge in [0.25, 0.3) is 0 Å². The summed E-state index contributed by atoms with van der Waals surface area (Å²) < 4.78 is 22.6. The van der Waals surface area contributed by atoms with E-state index in [1.807, 2.05) is 0 Å². The zero-order valence-corrected chi connectivity index (χ0v) is 12.6. The van der Waals surface area contributed by atoms with E-state index in [0.29, 0.717) is 31.8 Å². The van der Waals surface area contributed by atoms with Crippen LogP contribution in [0.15, 0.2) is 24.3 Å². The molecule has 0 aromatic heterocycles. The summed E-state index contributed by atoms with van der Waals surface area (Å²) in [5.41, 5.74) is 0.729. The fourth-order valence-corrected chi connectivity index (χ4v) is 1.68. The SMILES string of the molecule is CCCOCCCC(=O)Nc1ccc(OCCCF)cc1. The zero-order chi connectivity index (χ0) is 15.3. The van der Waals surface area contributed by atoms with Crippen LogP contribution in [0.25, 0.3) is 0 Å². The number of carbonyl (C=O) groups is 1. The molecule has 0 saturated heterocycles. The first kappa shape index (κ1) is 17.4. The number of ether oxygens (including phenoxy) is 2. The van der Waals surface area contributed by atoms with E-state index in [4.69, 9.17) is 9.47 Å². The van der Waals surface area contributed by atoms with Gasteiger partial charge in [-0.2, -0.15) is 0 Å². The van der Waals surface area contributed by atoms with E-state index in [-0.39, 0.29) is 12.6 Å². The molecule has 1 aromatic carbocycles. The van der Waals surface area contributed by atoms with Crippen LogP contribution in [-0.4, -0.2) is 32.4 Å². The summed E-state index contributed by atoms with van der Waals surface area (Å²) in [4.78, 5) is 11.7. The highest BCUT2D eigenvalue weighted by molar-refractivity contribution is 5.90. The Morgan fingerprint density at radius 1 is 1.14 bits per heavy atom. The maximum absolute atomic E-state index is 11.9. The molecular weight excluding hydrogens is 273 g/mol. The summed E-state index contributed by atoms with van der Waals surface area (Å²) in [6.07, 6.45) is 2.54. The van der Waals surface area contributed by atoms with Gasteiger partial charge in [-0.1, -0.05) is 6.92 Å². The minimum atomic E-state index is -0.379. The van der Waals surface area contributed by atoms with Gasteiger partial charge in [0.15, 0.2) is 0 Å². The summed E-state index contributed by atoms with van der Waals surface area (Å²) in [7, 11) is 0. The third-order valence-electron chi connectivity index (χ3n) is 2.73. The Bertz CT molecular complexity index is 395. The molecule has 0 spiro atoms. The van der Waals surface area contributed by atoms with Gasteiger partial charge in [-0.15, -0.1) is 0 Å². The van der Waals surface area contributed by atoms with Gasteiger partial charge in [0.1, 0.15) is 5.75 Å². The van der Waals surface area contributed by atoms with Crippen molar-refractivity contribution in [3.8, 4) is 5.75 Å². The lowest BCUT2D eigenvalue weighted by Gasteiger charge is -2.08. The lowest BCUT2D eigenvalue weighted by Crippen LogP contribution is -2.12. The Morgan fingerprint density at radius 3 is 2.57 bits per heavy atom. The summed E-state index contributed by atoms with van der Waals surface area (Å²) in [6.45, 7) is 3.39. The van der Waals surface area contributed by atoms with Crippen LogP contribution in [0, 0.1) is 0 Å². The van der Waals surface area contributed by atoms with Crippen molar-refractivity contribution >= 4 is 11.6 Å². The fourth-order valence-electron chi connectivity index (χ4n) is 1.68. The number of benzene rings is 1. The number of amides is 1. The molecule has 0 aliphatic rings. The van der Waals surface area contributed by atoms with E-state index >= 15 is 0 Å². The van der Waals surface area contributed by atoms with Crippen LogP contribution in [0.1, 0.15) is 32.6 Å². The van der Waals surface area contributed by atoms with Crippen LogP contribution < -0.4 is 10.1 Å². The van der Waals surface area contributed by atoms with Crippen molar-refractivity contribution in [2.45, 2.75) is 32.6 Å². The highest BCUT2D eigenvalue weighted by atomic mass is 19.1. The highest BCUT2D eigenvalue weighted by Crippen LogP contribution is 2.16. The van der Waals surface area contributed by atoms with Gasteiger partial charge < -0.3 is 14.8 Å². The van der Waals surface area contributed by atoms with Crippen molar-refractivity contribution < 1.29 is 18.7 Å².